The second-order valence-corrected chi connectivity index (χ2v) is 34.5. The standard InChI is InChI=1S/C9H20N2O.C9H20N2.C8H18N2.C8H17NO.C8H17N.C8H15N.C7H14N2O.C7H16N2.2C7H15NO.C7H15N/c1-9(2)11-5-3-10(4-6-11)7-8-12;1-4-10-5-7-11(8-6-10)9(2)3;1-8(2)10-6-3-4-9-5-7-10;1-7(2)9-5-3-8(10)4-6-9;2*1-7(2)8-3-5-9-6-4-8;1-6(2)9-4-3-8-7(10)5-9;1-7(2)9-5-3-8-4-6-9;1-7(2)8-3-5-9-6-4-8;1-6(2)8-4-3-7(9)5-8;1-7(2)8-5-3-4-6-8/h9,12H,3-8H2,1-2H3;9H,4-8H2,1-3H3;8-9H,3-7H2,1-2H3;7-8,10H,3-6H2,1-2H3;7-9H,3-6H2,1-2H3;3,7,9H,4-6H2,1-2H3;6H,3-5H2,1-2H3,(H,8,10);7-8H,3-6H2,1-2H3;7H,3-6H2,1-2H3;6-7,9H,3-5H2,1-2H3;7H,3-6H2,1-2H3. The Bertz CT molecular complexity index is 1930. The smallest absolute Gasteiger partial charge is 0.234 e. The highest BCUT2D eigenvalue weighted by molar-refractivity contribution is 5.78. The SMILES string of the molecule is CC(C)C1=CCNCC1.CC(C)C1CCNCC1.CC(C)N1CCC(O)C1.CC(C)N1CCC(O)CC1.CC(C)N1CCCC1.CC(C)N1CCCNCC1.CC(C)N1CCN(CCO)CC1.CC(C)N1CCNC(=O)C1.CC(C)N1CCNCC1.CC(C)N1CCOCC1.CCN1CCN(C(C)C)CC1. The van der Waals surface area contributed by atoms with Gasteiger partial charge >= 0.3 is 0 Å². The van der Waals surface area contributed by atoms with Gasteiger partial charge in [-0.2, -0.15) is 0 Å². The Morgan fingerprint density at radius 2 is 0.783 bits per heavy atom. The van der Waals surface area contributed by atoms with Crippen LogP contribution in [0.25, 0.3) is 0 Å². The van der Waals surface area contributed by atoms with Gasteiger partial charge in [-0.1, -0.05) is 46.3 Å². The number of likely N-dealkylation sites (N-methyl/N-ethyl adjacent to an activating group) is 1. The van der Waals surface area contributed by atoms with Crippen molar-refractivity contribution < 1.29 is 24.9 Å². The molecule has 0 bridgehead atoms. The molecular formula is C85H182N16O5. The highest BCUT2D eigenvalue weighted by atomic mass is 16.5. The maximum Gasteiger partial charge on any atom is 0.234 e. The fraction of sp³-hybridized carbons (Fsp3) is 0.965. The minimum Gasteiger partial charge on any atom is -0.395 e. The van der Waals surface area contributed by atoms with Crippen molar-refractivity contribution in [1.82, 2.24) is 80.5 Å². The predicted octanol–water partition coefficient (Wildman–Crippen LogP) is 8.59. The van der Waals surface area contributed by atoms with Crippen LogP contribution in [0, 0.1) is 17.8 Å². The number of carbonyl (C=O) groups excluding carboxylic acids is 1. The normalized spacial score (nSPS) is 23.2. The number of β-amino-alcohol motifs (C(OH)–C–C–N with tert-alkyl or cyclic N) is 2. The van der Waals surface area contributed by atoms with E-state index in [9.17, 15) is 9.90 Å². The van der Waals surface area contributed by atoms with E-state index in [1.165, 1.54) is 137 Å². The van der Waals surface area contributed by atoms with Gasteiger partial charge in [-0.05, 0) is 253 Å². The summed E-state index contributed by atoms with van der Waals surface area (Å²) in [6.45, 7) is 90.8. The Labute approximate surface area is 656 Å². The molecule has 11 aliphatic rings. The molecule has 8 N–H and O–H groups in total. The molecule has 21 nitrogen and oxygen atoms in total. The molecule has 1 amide bonds. The number of rotatable bonds is 14. The molecule has 1 unspecified atom stereocenters. The molecule has 632 valence electrons. The van der Waals surface area contributed by atoms with Gasteiger partial charge in [0.25, 0.3) is 0 Å². The van der Waals surface area contributed by atoms with E-state index in [1.807, 2.05) is 0 Å². The van der Waals surface area contributed by atoms with Crippen LogP contribution in [0.3, 0.4) is 0 Å². The molecule has 0 aliphatic carbocycles. The van der Waals surface area contributed by atoms with Crippen molar-refractivity contribution in [2.45, 2.75) is 284 Å². The molecular weight excluding hydrogens is 1330 g/mol. The van der Waals surface area contributed by atoms with E-state index in [1.54, 1.807) is 5.57 Å². The van der Waals surface area contributed by atoms with Gasteiger partial charge in [0.05, 0.1) is 38.6 Å². The summed E-state index contributed by atoms with van der Waals surface area (Å²) in [5.74, 6) is 2.80. The molecule has 1 atom stereocenters. The van der Waals surface area contributed by atoms with Crippen LogP contribution in [-0.4, -0.2) is 378 Å². The topological polar surface area (TPSA) is 183 Å². The summed E-state index contributed by atoms with van der Waals surface area (Å²) < 4.78 is 5.21. The fourth-order valence-electron chi connectivity index (χ4n) is 14.6. The molecule has 10 saturated heterocycles. The van der Waals surface area contributed by atoms with Crippen LogP contribution in [0.1, 0.15) is 217 Å². The second kappa shape index (κ2) is 62.8. The van der Waals surface area contributed by atoms with Crippen molar-refractivity contribution in [1.29, 1.82) is 0 Å². The summed E-state index contributed by atoms with van der Waals surface area (Å²) in [4.78, 5) is 37.5. The summed E-state index contributed by atoms with van der Waals surface area (Å²) in [7, 11) is 0. The molecule has 11 aliphatic heterocycles. The van der Waals surface area contributed by atoms with Gasteiger partial charge in [0.1, 0.15) is 0 Å². The predicted molar refractivity (Wildman–Crippen MR) is 456 cm³/mol. The van der Waals surface area contributed by atoms with E-state index in [2.05, 4.69) is 246 Å². The van der Waals surface area contributed by atoms with Crippen molar-refractivity contribution in [2.75, 3.05) is 236 Å². The molecule has 0 aromatic heterocycles. The lowest BCUT2D eigenvalue weighted by Crippen LogP contribution is -2.50. The molecule has 11 rings (SSSR count). The monoisotopic (exact) mass is 1510 g/mol. The van der Waals surface area contributed by atoms with E-state index in [0.717, 1.165) is 186 Å². The molecule has 0 spiro atoms. The Hall–Kier alpha value is -1.55. The summed E-state index contributed by atoms with van der Waals surface area (Å²) in [5, 5.41) is 43.2. The van der Waals surface area contributed by atoms with Gasteiger partial charge < -0.3 is 61.3 Å². The van der Waals surface area contributed by atoms with Gasteiger partial charge in [-0.3, -0.25) is 44.0 Å². The number of aliphatic hydroxyl groups excluding tert-OH is 3. The zero-order valence-electron chi connectivity index (χ0n) is 74.1. The first-order valence-corrected chi connectivity index (χ1v) is 43.8. The van der Waals surface area contributed by atoms with Gasteiger partial charge in [0.15, 0.2) is 0 Å². The number of morpholine rings is 1. The Balaban J connectivity index is 0.000000584. The minimum absolute atomic E-state index is 0.0324. The summed E-state index contributed by atoms with van der Waals surface area (Å²) in [6.07, 6.45) is 13.2. The highest BCUT2D eigenvalue weighted by Crippen LogP contribution is 2.21. The third-order valence-electron chi connectivity index (χ3n) is 22.9. The highest BCUT2D eigenvalue weighted by Gasteiger charge is 2.24. The van der Waals surface area contributed by atoms with Crippen LogP contribution < -0.4 is 26.6 Å². The first-order chi connectivity index (χ1) is 50.4. The summed E-state index contributed by atoms with van der Waals surface area (Å²) >= 11 is 0. The Kier molecular flexibility index (Phi) is 60.7. The number of piperazine rings is 4. The van der Waals surface area contributed by atoms with Crippen molar-refractivity contribution in [2.24, 2.45) is 17.8 Å². The van der Waals surface area contributed by atoms with Crippen LogP contribution >= 0.6 is 0 Å². The van der Waals surface area contributed by atoms with Gasteiger partial charge in [0.2, 0.25) is 5.91 Å². The largest absolute Gasteiger partial charge is 0.395 e. The van der Waals surface area contributed by atoms with E-state index in [0.29, 0.717) is 43.4 Å². The van der Waals surface area contributed by atoms with Crippen LogP contribution in [0.15, 0.2) is 11.6 Å². The Morgan fingerprint density at radius 3 is 1.13 bits per heavy atom. The number of carbonyl (C=O) groups is 1. The first-order valence-electron chi connectivity index (χ1n) is 43.8. The van der Waals surface area contributed by atoms with E-state index in [4.69, 9.17) is 14.9 Å². The zero-order chi connectivity index (χ0) is 79.4. The van der Waals surface area contributed by atoms with E-state index < -0.39 is 0 Å². The number of hydrogen-bond donors (Lipinski definition) is 8. The number of nitrogens with zero attached hydrogens (tertiary/aromatic N) is 11. The summed E-state index contributed by atoms with van der Waals surface area (Å²) in [5.41, 5.74) is 1.62. The molecule has 0 saturated carbocycles. The van der Waals surface area contributed by atoms with Crippen LogP contribution in [0.2, 0.25) is 0 Å². The Morgan fingerprint density at radius 1 is 0.396 bits per heavy atom. The third kappa shape index (κ3) is 50.5. The second-order valence-electron chi connectivity index (χ2n) is 34.5. The maximum atomic E-state index is 10.8. The maximum absolute atomic E-state index is 10.8. The van der Waals surface area contributed by atoms with E-state index >= 15 is 0 Å². The average Bonchev–Trinajstić information content (AvgIpc) is 1.31. The lowest BCUT2D eigenvalue weighted by molar-refractivity contribution is -0.124. The van der Waals surface area contributed by atoms with Crippen molar-refractivity contribution in [3.05, 3.63) is 11.6 Å². The number of ether oxygens (including phenoxy) is 1. The zero-order valence-corrected chi connectivity index (χ0v) is 74.1. The molecule has 11 heterocycles. The van der Waals surface area contributed by atoms with Gasteiger partial charge in [-0.15, -0.1) is 0 Å². The molecule has 0 aromatic rings. The van der Waals surface area contributed by atoms with Gasteiger partial charge in [0, 0.05) is 211 Å². The average molecular weight is 1510 g/mol. The van der Waals surface area contributed by atoms with Crippen LogP contribution in [-0.2, 0) is 9.53 Å². The van der Waals surface area contributed by atoms with E-state index in [-0.39, 0.29) is 18.1 Å². The lowest BCUT2D eigenvalue weighted by atomic mass is 9.87. The summed E-state index contributed by atoms with van der Waals surface area (Å²) in [6, 6.07) is 6.05. The van der Waals surface area contributed by atoms with Crippen LogP contribution in [0.5, 0.6) is 0 Å². The number of aliphatic hydroxyl groups is 3. The van der Waals surface area contributed by atoms with Crippen LogP contribution in [0.4, 0.5) is 0 Å². The molecule has 106 heavy (non-hydrogen) atoms. The molecule has 10 fully saturated rings. The molecule has 0 radical (unpaired) electrons. The van der Waals surface area contributed by atoms with Crippen molar-refractivity contribution in [3.8, 4) is 0 Å². The minimum atomic E-state index is -0.0626. The molecule has 0 aromatic carbocycles. The number of likely N-dealkylation sites (tertiary alicyclic amines) is 3. The lowest BCUT2D eigenvalue weighted by Gasteiger charge is -2.36. The molecule has 21 heteroatoms. The number of hydrogen-bond acceptors (Lipinski definition) is 20. The quantitative estimate of drug-likeness (QED) is 0.0774. The van der Waals surface area contributed by atoms with Gasteiger partial charge in [-0.25, -0.2) is 0 Å². The number of amides is 1. The third-order valence-corrected chi connectivity index (χ3v) is 22.9. The fourth-order valence-corrected chi connectivity index (χ4v) is 14.6. The van der Waals surface area contributed by atoms with Crippen molar-refractivity contribution >= 4 is 5.91 Å². The number of piperidine rings is 2. The number of nitrogens with one attached hydrogen (secondary N) is 5. The van der Waals surface area contributed by atoms with Crippen molar-refractivity contribution in [3.63, 3.8) is 0 Å². The first kappa shape index (κ1) is 102.